The van der Waals surface area contributed by atoms with Gasteiger partial charge in [-0.2, -0.15) is 4.98 Å². The molecule has 2 heterocycles. The minimum atomic E-state index is -0.709. The monoisotopic (exact) mass is 414 g/mol. The molecular weight excluding hydrogens is 398 g/mol. The Bertz CT molecular complexity index is 835. The molecule has 0 radical (unpaired) electrons. The minimum Gasteiger partial charge on any atom is -0.472 e. The van der Waals surface area contributed by atoms with Gasteiger partial charge < -0.3 is 9.47 Å². The summed E-state index contributed by atoms with van der Waals surface area (Å²) in [5.41, 5.74) is -0.103. The molecule has 0 spiro atoms. The quantitative estimate of drug-likeness (QED) is 0.752. The first-order valence-electron chi connectivity index (χ1n) is 7.91. The highest BCUT2D eigenvalue weighted by molar-refractivity contribution is 9.10. The van der Waals surface area contributed by atoms with Crippen LogP contribution in [0, 0.1) is 18.6 Å². The van der Waals surface area contributed by atoms with Gasteiger partial charge in [0.05, 0.1) is 12.6 Å². The highest BCUT2D eigenvalue weighted by Gasteiger charge is 2.20. The van der Waals surface area contributed by atoms with E-state index in [1.54, 1.807) is 6.92 Å². The second-order valence-corrected chi connectivity index (χ2v) is 6.65. The lowest BCUT2D eigenvalue weighted by Crippen LogP contribution is -2.30. The molecule has 1 saturated heterocycles. The Balaban J connectivity index is 1.79. The number of aromatic nitrogens is 2. The van der Waals surface area contributed by atoms with Crippen molar-refractivity contribution < 1.29 is 18.3 Å². The number of ether oxygens (including phenoxy) is 2. The molecule has 1 unspecified atom stereocenters. The van der Waals surface area contributed by atoms with Crippen LogP contribution in [0.25, 0.3) is 0 Å². The van der Waals surface area contributed by atoms with Crippen LogP contribution in [0.15, 0.2) is 27.5 Å². The Morgan fingerprint density at radius 3 is 2.92 bits per heavy atom. The number of nitrogens with zero attached hydrogens (tertiary/aromatic N) is 2. The van der Waals surface area contributed by atoms with Crippen molar-refractivity contribution in [2.45, 2.75) is 39.0 Å². The van der Waals surface area contributed by atoms with Crippen molar-refractivity contribution in [2.24, 2.45) is 0 Å². The lowest BCUT2D eigenvalue weighted by molar-refractivity contribution is 0.0950. The highest BCUT2D eigenvalue weighted by atomic mass is 79.9. The smallest absolute Gasteiger partial charge is 0.271 e. The predicted octanol–water partition coefficient (Wildman–Crippen LogP) is 3.35. The second kappa shape index (κ2) is 7.61. The molecule has 25 heavy (non-hydrogen) atoms. The highest BCUT2D eigenvalue weighted by Crippen LogP contribution is 2.22. The maximum atomic E-state index is 13.7. The summed E-state index contributed by atoms with van der Waals surface area (Å²) in [5.74, 6) is -0.805. The molecule has 5 nitrogen and oxygen atoms in total. The third kappa shape index (κ3) is 4.07. The Hall–Kier alpha value is -1.80. The van der Waals surface area contributed by atoms with Gasteiger partial charge in [0, 0.05) is 18.2 Å². The summed E-state index contributed by atoms with van der Waals surface area (Å²) in [6.45, 7) is 2.68. The normalized spacial score (nSPS) is 17.0. The van der Waals surface area contributed by atoms with Gasteiger partial charge in [-0.3, -0.25) is 9.36 Å². The van der Waals surface area contributed by atoms with Crippen LogP contribution in [-0.4, -0.2) is 22.3 Å². The van der Waals surface area contributed by atoms with E-state index in [2.05, 4.69) is 20.9 Å². The zero-order chi connectivity index (χ0) is 18.0. The number of benzene rings is 1. The van der Waals surface area contributed by atoms with Crippen LogP contribution in [0.1, 0.15) is 24.2 Å². The first-order valence-corrected chi connectivity index (χ1v) is 8.70. The van der Waals surface area contributed by atoms with Gasteiger partial charge in [-0.25, -0.2) is 8.78 Å². The standard InChI is InChI=1S/C17H17BrF2N2O3/c1-10-21-16(25-9-11-4-5-12(19)7-14(11)20)15(18)17(23)22(10)8-13-3-2-6-24-13/h4-5,7,13H,2-3,6,8-9H2,1H3. The number of hydrogen-bond acceptors (Lipinski definition) is 4. The van der Waals surface area contributed by atoms with E-state index in [-0.39, 0.29) is 34.2 Å². The topological polar surface area (TPSA) is 53.3 Å². The Kier molecular flexibility index (Phi) is 5.48. The summed E-state index contributed by atoms with van der Waals surface area (Å²) in [6, 6.07) is 3.23. The van der Waals surface area contributed by atoms with Gasteiger partial charge >= 0.3 is 0 Å². The molecule has 0 bridgehead atoms. The molecule has 0 N–H and O–H groups in total. The average Bonchev–Trinajstić information content (AvgIpc) is 3.08. The Labute approximate surface area is 151 Å². The van der Waals surface area contributed by atoms with Gasteiger partial charge in [0.1, 0.15) is 28.5 Å². The summed E-state index contributed by atoms with van der Waals surface area (Å²) < 4.78 is 39.3. The molecule has 2 aromatic rings. The second-order valence-electron chi connectivity index (χ2n) is 5.85. The van der Waals surface area contributed by atoms with E-state index in [1.807, 2.05) is 0 Å². The Morgan fingerprint density at radius 1 is 1.44 bits per heavy atom. The molecule has 0 amide bonds. The van der Waals surface area contributed by atoms with Crippen molar-refractivity contribution >= 4 is 15.9 Å². The summed E-state index contributed by atoms with van der Waals surface area (Å²) in [6.07, 6.45) is 1.90. The number of rotatable bonds is 5. The van der Waals surface area contributed by atoms with Crippen LogP contribution in [0.5, 0.6) is 5.88 Å². The summed E-state index contributed by atoms with van der Waals surface area (Å²) >= 11 is 3.20. The zero-order valence-electron chi connectivity index (χ0n) is 13.6. The van der Waals surface area contributed by atoms with E-state index in [4.69, 9.17) is 9.47 Å². The van der Waals surface area contributed by atoms with Crippen LogP contribution >= 0.6 is 15.9 Å². The van der Waals surface area contributed by atoms with Crippen molar-refractivity contribution in [2.75, 3.05) is 6.61 Å². The molecule has 3 rings (SSSR count). The first kappa shape index (κ1) is 18.0. The van der Waals surface area contributed by atoms with Crippen molar-refractivity contribution in [3.05, 3.63) is 56.0 Å². The van der Waals surface area contributed by atoms with E-state index >= 15 is 0 Å². The summed E-state index contributed by atoms with van der Waals surface area (Å²) in [7, 11) is 0. The molecule has 1 aliphatic heterocycles. The fourth-order valence-corrected chi connectivity index (χ4v) is 3.12. The van der Waals surface area contributed by atoms with E-state index in [1.165, 1.54) is 10.6 Å². The Morgan fingerprint density at radius 2 is 2.24 bits per heavy atom. The van der Waals surface area contributed by atoms with Crippen LogP contribution in [0.3, 0.4) is 0 Å². The van der Waals surface area contributed by atoms with Gasteiger partial charge in [0.25, 0.3) is 5.56 Å². The lowest BCUT2D eigenvalue weighted by atomic mass is 10.2. The maximum absolute atomic E-state index is 13.7. The molecule has 1 fully saturated rings. The van der Waals surface area contributed by atoms with E-state index in [9.17, 15) is 13.6 Å². The zero-order valence-corrected chi connectivity index (χ0v) is 15.2. The van der Waals surface area contributed by atoms with Crippen LogP contribution in [0.2, 0.25) is 0 Å². The SMILES string of the molecule is Cc1nc(OCc2ccc(F)cc2F)c(Br)c(=O)n1CC1CCCO1. The van der Waals surface area contributed by atoms with Crippen LogP contribution < -0.4 is 10.3 Å². The first-order chi connectivity index (χ1) is 12.0. The average molecular weight is 415 g/mol. The predicted molar refractivity (Wildman–Crippen MR) is 90.6 cm³/mol. The molecule has 134 valence electrons. The lowest BCUT2D eigenvalue weighted by Gasteiger charge is -2.16. The molecule has 1 aromatic carbocycles. The van der Waals surface area contributed by atoms with Crippen molar-refractivity contribution in [3.8, 4) is 5.88 Å². The van der Waals surface area contributed by atoms with E-state index < -0.39 is 11.6 Å². The largest absolute Gasteiger partial charge is 0.472 e. The van der Waals surface area contributed by atoms with Gasteiger partial charge in [0.2, 0.25) is 5.88 Å². The van der Waals surface area contributed by atoms with Crippen LogP contribution in [-0.2, 0) is 17.9 Å². The number of aryl methyl sites for hydroxylation is 1. The van der Waals surface area contributed by atoms with Gasteiger partial charge in [-0.15, -0.1) is 0 Å². The number of halogens is 3. The maximum Gasteiger partial charge on any atom is 0.271 e. The van der Waals surface area contributed by atoms with Gasteiger partial charge in [-0.05, 0) is 47.8 Å². The number of hydrogen-bond donors (Lipinski definition) is 0. The van der Waals surface area contributed by atoms with Crippen molar-refractivity contribution in [1.82, 2.24) is 9.55 Å². The fraction of sp³-hybridized carbons (Fsp3) is 0.412. The van der Waals surface area contributed by atoms with E-state index in [0.717, 1.165) is 25.0 Å². The van der Waals surface area contributed by atoms with Crippen molar-refractivity contribution in [3.63, 3.8) is 0 Å². The third-order valence-corrected chi connectivity index (χ3v) is 4.74. The van der Waals surface area contributed by atoms with Crippen molar-refractivity contribution in [1.29, 1.82) is 0 Å². The third-order valence-electron chi connectivity index (χ3n) is 4.06. The molecule has 1 aromatic heterocycles. The molecule has 1 atom stereocenters. The molecule has 0 saturated carbocycles. The van der Waals surface area contributed by atoms with Gasteiger partial charge in [-0.1, -0.05) is 0 Å². The molecule has 8 heteroatoms. The molecular formula is C17H17BrF2N2O3. The van der Waals surface area contributed by atoms with E-state index in [0.29, 0.717) is 19.0 Å². The fourth-order valence-electron chi connectivity index (χ4n) is 2.70. The van der Waals surface area contributed by atoms with Crippen LogP contribution in [0.4, 0.5) is 8.78 Å². The molecule has 1 aliphatic rings. The van der Waals surface area contributed by atoms with Gasteiger partial charge in [0.15, 0.2) is 0 Å². The summed E-state index contributed by atoms with van der Waals surface area (Å²) in [5, 5.41) is 0. The minimum absolute atomic E-state index is 0.00480. The molecule has 0 aliphatic carbocycles. The summed E-state index contributed by atoms with van der Waals surface area (Å²) in [4.78, 5) is 16.8.